The molecule has 1 aliphatic carbocycles. The minimum absolute atomic E-state index is 0. The molecule has 1 amide bonds. The lowest BCUT2D eigenvalue weighted by Crippen LogP contribution is -2.54. The Balaban J connectivity index is 0.00000200. The van der Waals surface area contributed by atoms with Crippen molar-refractivity contribution in [2.45, 2.75) is 25.3 Å². The number of carbonyl (C=O) groups excluding carboxylic acids is 1. The van der Waals surface area contributed by atoms with Gasteiger partial charge in [-0.2, -0.15) is 0 Å². The number of hydrogen-bond acceptors (Lipinski definition) is 3. The molecule has 1 aliphatic rings. The molecule has 0 bridgehead atoms. The first kappa shape index (κ1) is 17.3. The highest BCUT2D eigenvalue weighted by atomic mass is 79.9. The highest BCUT2D eigenvalue weighted by Gasteiger charge is 2.41. The zero-order valence-electron chi connectivity index (χ0n) is 11.4. The van der Waals surface area contributed by atoms with E-state index in [9.17, 15) is 4.79 Å². The maximum atomic E-state index is 11.9. The lowest BCUT2D eigenvalue weighted by atomic mass is 9.96. The number of carbonyl (C=O) groups is 1. The first-order valence-corrected chi connectivity index (χ1v) is 7.22. The van der Waals surface area contributed by atoms with Crippen molar-refractivity contribution < 1.29 is 9.53 Å². The molecule has 0 saturated heterocycles. The van der Waals surface area contributed by atoms with Crippen LogP contribution in [0.1, 0.15) is 19.8 Å². The maximum Gasteiger partial charge on any atom is 0.258 e. The van der Waals surface area contributed by atoms with Crippen LogP contribution in [0.15, 0.2) is 28.7 Å². The molecule has 1 saturated carbocycles. The van der Waals surface area contributed by atoms with Crippen molar-refractivity contribution in [3.8, 4) is 5.75 Å². The average Bonchev–Trinajstić information content (AvgIpc) is 3.22. The Morgan fingerprint density at radius 1 is 1.45 bits per heavy atom. The zero-order chi connectivity index (χ0) is 13.9. The third kappa shape index (κ3) is 4.65. The number of hydrogen-bond donors (Lipinski definition) is 2. The number of ether oxygens (including phenoxy) is 1. The summed E-state index contributed by atoms with van der Waals surface area (Å²) >= 11 is 3.35. The van der Waals surface area contributed by atoms with E-state index < -0.39 is 0 Å². The third-order valence-corrected chi connectivity index (χ3v) is 4.04. The van der Waals surface area contributed by atoms with E-state index in [0.717, 1.165) is 17.3 Å². The fraction of sp³-hybridized carbons (Fsp3) is 0.500. The fourth-order valence-electron chi connectivity index (χ4n) is 2.07. The molecule has 1 atom stereocenters. The Hall–Kier alpha value is -0.780. The summed E-state index contributed by atoms with van der Waals surface area (Å²) in [5, 5.41) is 2.99. The minimum Gasteiger partial charge on any atom is -0.484 e. The topological polar surface area (TPSA) is 64.3 Å². The van der Waals surface area contributed by atoms with Gasteiger partial charge in [0.2, 0.25) is 0 Å². The quantitative estimate of drug-likeness (QED) is 0.816. The van der Waals surface area contributed by atoms with Gasteiger partial charge in [0.15, 0.2) is 6.61 Å². The monoisotopic (exact) mass is 362 g/mol. The molecular weight excluding hydrogens is 344 g/mol. The van der Waals surface area contributed by atoms with Gasteiger partial charge in [0.05, 0.1) is 5.54 Å². The Bertz CT molecular complexity index is 451. The second-order valence-corrected chi connectivity index (χ2v) is 6.10. The van der Waals surface area contributed by atoms with Crippen LogP contribution in [-0.4, -0.2) is 24.6 Å². The lowest BCUT2D eigenvalue weighted by molar-refractivity contribution is -0.125. The maximum absolute atomic E-state index is 11.9. The van der Waals surface area contributed by atoms with E-state index in [0.29, 0.717) is 18.2 Å². The number of benzene rings is 1. The van der Waals surface area contributed by atoms with Crippen LogP contribution in [0.4, 0.5) is 0 Å². The molecule has 0 radical (unpaired) electrons. The Morgan fingerprint density at radius 2 is 2.05 bits per heavy atom. The Kier molecular flexibility index (Phi) is 6.30. The van der Waals surface area contributed by atoms with E-state index in [1.807, 2.05) is 31.2 Å². The molecule has 2 rings (SSSR count). The normalized spacial score (nSPS) is 16.8. The second kappa shape index (κ2) is 7.29. The minimum atomic E-state index is -0.292. The highest BCUT2D eigenvalue weighted by molar-refractivity contribution is 9.10. The van der Waals surface area contributed by atoms with Gasteiger partial charge in [-0.25, -0.2) is 0 Å². The summed E-state index contributed by atoms with van der Waals surface area (Å²) in [5.74, 6) is 1.07. The van der Waals surface area contributed by atoms with Gasteiger partial charge in [0, 0.05) is 11.0 Å². The molecule has 112 valence electrons. The van der Waals surface area contributed by atoms with Crippen LogP contribution in [0.25, 0.3) is 0 Å². The van der Waals surface area contributed by atoms with Gasteiger partial charge >= 0.3 is 0 Å². The van der Waals surface area contributed by atoms with Crippen LogP contribution in [0, 0.1) is 5.92 Å². The first-order valence-electron chi connectivity index (χ1n) is 6.43. The van der Waals surface area contributed by atoms with Gasteiger partial charge in [0.1, 0.15) is 5.75 Å². The van der Waals surface area contributed by atoms with Gasteiger partial charge in [-0.15, -0.1) is 12.4 Å². The smallest absolute Gasteiger partial charge is 0.258 e. The molecule has 1 fully saturated rings. The summed E-state index contributed by atoms with van der Waals surface area (Å²) in [5.41, 5.74) is 5.47. The summed E-state index contributed by atoms with van der Waals surface area (Å²) in [6.07, 6.45) is 2.28. The van der Waals surface area contributed by atoms with Crippen LogP contribution in [0.3, 0.4) is 0 Å². The van der Waals surface area contributed by atoms with E-state index in [2.05, 4.69) is 21.2 Å². The van der Waals surface area contributed by atoms with Gasteiger partial charge in [-0.1, -0.05) is 15.9 Å². The lowest BCUT2D eigenvalue weighted by Gasteiger charge is -2.29. The van der Waals surface area contributed by atoms with Crippen molar-refractivity contribution in [1.29, 1.82) is 0 Å². The molecule has 1 aromatic carbocycles. The van der Waals surface area contributed by atoms with Crippen molar-refractivity contribution in [1.82, 2.24) is 5.32 Å². The molecule has 0 aromatic heterocycles. The summed E-state index contributed by atoms with van der Waals surface area (Å²) in [7, 11) is 0. The van der Waals surface area contributed by atoms with Crippen LogP contribution >= 0.6 is 28.3 Å². The van der Waals surface area contributed by atoms with E-state index in [-0.39, 0.29) is 30.5 Å². The van der Waals surface area contributed by atoms with Crippen molar-refractivity contribution >= 4 is 34.2 Å². The third-order valence-electron chi connectivity index (χ3n) is 3.51. The second-order valence-electron chi connectivity index (χ2n) is 5.19. The molecule has 4 nitrogen and oxygen atoms in total. The number of nitrogens with one attached hydrogen (secondary N) is 1. The van der Waals surface area contributed by atoms with E-state index in [4.69, 9.17) is 10.5 Å². The number of amides is 1. The number of halogens is 2. The zero-order valence-corrected chi connectivity index (χ0v) is 13.8. The van der Waals surface area contributed by atoms with Crippen LogP contribution in [-0.2, 0) is 4.79 Å². The molecule has 3 N–H and O–H groups in total. The van der Waals surface area contributed by atoms with E-state index in [1.54, 1.807) is 0 Å². The van der Waals surface area contributed by atoms with Crippen LogP contribution in [0.2, 0.25) is 0 Å². The predicted octanol–water partition coefficient (Wildman–Crippen LogP) is 2.49. The highest BCUT2D eigenvalue weighted by Crippen LogP contribution is 2.38. The van der Waals surface area contributed by atoms with Crippen molar-refractivity contribution in [2.24, 2.45) is 11.7 Å². The van der Waals surface area contributed by atoms with Crippen LogP contribution < -0.4 is 15.8 Å². The average molecular weight is 364 g/mol. The summed E-state index contributed by atoms with van der Waals surface area (Å²) in [4.78, 5) is 11.9. The van der Waals surface area contributed by atoms with E-state index >= 15 is 0 Å². The molecule has 6 heteroatoms. The molecule has 0 heterocycles. The van der Waals surface area contributed by atoms with Gasteiger partial charge in [-0.05, 0) is 49.9 Å². The molecule has 20 heavy (non-hydrogen) atoms. The number of nitrogens with two attached hydrogens (primary N) is 1. The largest absolute Gasteiger partial charge is 0.484 e. The number of rotatable bonds is 6. The molecular formula is C14H20BrClN2O2. The summed E-state index contributed by atoms with van der Waals surface area (Å²) in [6.45, 7) is 2.48. The van der Waals surface area contributed by atoms with Crippen molar-refractivity contribution in [2.75, 3.05) is 13.2 Å². The molecule has 1 aromatic rings. The van der Waals surface area contributed by atoms with Gasteiger partial charge in [0.25, 0.3) is 5.91 Å². The van der Waals surface area contributed by atoms with E-state index in [1.165, 1.54) is 0 Å². The molecule has 1 unspecified atom stereocenters. The molecule has 0 aliphatic heterocycles. The SMILES string of the molecule is CC(CN)(NC(=O)COc1ccc(Br)cc1)C1CC1.Cl. The van der Waals surface area contributed by atoms with Crippen LogP contribution in [0.5, 0.6) is 5.75 Å². The summed E-state index contributed by atoms with van der Waals surface area (Å²) < 4.78 is 6.42. The van der Waals surface area contributed by atoms with Crippen molar-refractivity contribution in [3.05, 3.63) is 28.7 Å². The van der Waals surface area contributed by atoms with Crippen molar-refractivity contribution in [3.63, 3.8) is 0 Å². The molecule has 0 spiro atoms. The first-order chi connectivity index (χ1) is 9.03. The predicted molar refractivity (Wildman–Crippen MR) is 85.2 cm³/mol. The van der Waals surface area contributed by atoms with Gasteiger partial charge < -0.3 is 15.8 Å². The Labute approximate surface area is 134 Å². The van der Waals surface area contributed by atoms with Gasteiger partial charge in [-0.3, -0.25) is 4.79 Å². The standard InChI is InChI=1S/C14H19BrN2O2.ClH/c1-14(9-16,10-2-3-10)17-13(18)8-19-12-6-4-11(15)5-7-12;/h4-7,10H,2-3,8-9,16H2,1H3,(H,17,18);1H. The fourth-order valence-corrected chi connectivity index (χ4v) is 2.34. The Morgan fingerprint density at radius 3 is 2.55 bits per heavy atom. The summed E-state index contributed by atoms with van der Waals surface area (Å²) in [6, 6.07) is 7.39.